The Labute approximate surface area is 141 Å². The van der Waals surface area contributed by atoms with E-state index in [-0.39, 0.29) is 12.0 Å². The van der Waals surface area contributed by atoms with Crippen molar-refractivity contribution in [2.24, 2.45) is 0 Å². The number of pyridine rings is 1. The molecule has 1 aliphatic heterocycles. The van der Waals surface area contributed by atoms with Crippen molar-refractivity contribution in [1.82, 2.24) is 9.30 Å². The predicted molar refractivity (Wildman–Crippen MR) is 93.1 cm³/mol. The Kier molecular flexibility index (Phi) is 3.82. The number of fused-ring (bicyclic) bond motifs is 2. The maximum atomic E-state index is 12.7. The van der Waals surface area contributed by atoms with E-state index < -0.39 is 0 Å². The minimum Gasteiger partial charge on any atom is -0.371 e. The standard InChI is InChI=1S/C20H20N2O2/c1-21(13-19-11-15-6-2-3-7-16(15)14-24-19)20(23)17-10-18-8-4-5-9-22(18)12-17/h2-10,12,19H,11,13-14H2,1H3. The van der Waals surface area contributed by atoms with Gasteiger partial charge < -0.3 is 14.0 Å². The second-order valence-corrected chi connectivity index (χ2v) is 6.35. The van der Waals surface area contributed by atoms with E-state index in [2.05, 4.69) is 18.2 Å². The molecule has 0 aliphatic carbocycles. The monoisotopic (exact) mass is 320 g/mol. The lowest BCUT2D eigenvalue weighted by Crippen LogP contribution is -2.38. The number of aromatic nitrogens is 1. The summed E-state index contributed by atoms with van der Waals surface area (Å²) in [5.41, 5.74) is 4.31. The van der Waals surface area contributed by atoms with Crippen molar-refractivity contribution in [2.45, 2.75) is 19.1 Å². The van der Waals surface area contributed by atoms with E-state index in [0.29, 0.717) is 18.7 Å². The van der Waals surface area contributed by atoms with Crippen LogP contribution in [0, 0.1) is 0 Å². The first kappa shape index (κ1) is 15.0. The summed E-state index contributed by atoms with van der Waals surface area (Å²) in [4.78, 5) is 14.4. The predicted octanol–water partition coefficient (Wildman–Crippen LogP) is 3.15. The molecule has 0 N–H and O–H groups in total. The van der Waals surface area contributed by atoms with Crippen LogP contribution in [0.2, 0.25) is 0 Å². The van der Waals surface area contributed by atoms with Gasteiger partial charge in [0.2, 0.25) is 0 Å². The van der Waals surface area contributed by atoms with Crippen LogP contribution in [0.4, 0.5) is 0 Å². The van der Waals surface area contributed by atoms with E-state index in [9.17, 15) is 4.79 Å². The fourth-order valence-electron chi connectivity index (χ4n) is 3.31. The van der Waals surface area contributed by atoms with Crippen LogP contribution in [0.25, 0.3) is 5.52 Å². The van der Waals surface area contributed by atoms with Crippen molar-refractivity contribution in [3.05, 3.63) is 77.6 Å². The maximum Gasteiger partial charge on any atom is 0.255 e. The largest absolute Gasteiger partial charge is 0.371 e. The quantitative estimate of drug-likeness (QED) is 0.743. The SMILES string of the molecule is CN(CC1Cc2ccccc2CO1)C(=O)c1cc2ccccn2c1. The van der Waals surface area contributed by atoms with Crippen molar-refractivity contribution in [2.75, 3.05) is 13.6 Å². The van der Waals surface area contributed by atoms with Crippen molar-refractivity contribution in [3.63, 3.8) is 0 Å². The Morgan fingerprint density at radius 1 is 1.21 bits per heavy atom. The molecule has 1 aromatic carbocycles. The Hall–Kier alpha value is -2.59. The fourth-order valence-corrected chi connectivity index (χ4v) is 3.31. The molecule has 0 radical (unpaired) electrons. The third kappa shape index (κ3) is 2.81. The summed E-state index contributed by atoms with van der Waals surface area (Å²) in [6, 6.07) is 16.2. The summed E-state index contributed by atoms with van der Waals surface area (Å²) < 4.78 is 7.89. The Balaban J connectivity index is 1.46. The highest BCUT2D eigenvalue weighted by atomic mass is 16.5. The second kappa shape index (κ2) is 6.13. The molecule has 4 nitrogen and oxygen atoms in total. The zero-order chi connectivity index (χ0) is 16.5. The number of carbonyl (C=O) groups excluding carboxylic acids is 1. The molecule has 0 bridgehead atoms. The molecule has 0 spiro atoms. The molecule has 3 heterocycles. The third-order valence-electron chi connectivity index (χ3n) is 4.62. The molecule has 0 saturated heterocycles. The van der Waals surface area contributed by atoms with E-state index >= 15 is 0 Å². The van der Waals surface area contributed by atoms with E-state index in [0.717, 1.165) is 11.9 Å². The minimum absolute atomic E-state index is 0.0289. The topological polar surface area (TPSA) is 34.0 Å². The first-order chi connectivity index (χ1) is 11.7. The van der Waals surface area contributed by atoms with Crippen LogP contribution in [-0.4, -0.2) is 34.9 Å². The molecule has 1 unspecified atom stereocenters. The van der Waals surface area contributed by atoms with E-state index in [4.69, 9.17) is 4.74 Å². The van der Waals surface area contributed by atoms with Gasteiger partial charge in [0.25, 0.3) is 5.91 Å². The van der Waals surface area contributed by atoms with Crippen molar-refractivity contribution in [3.8, 4) is 0 Å². The normalized spacial score (nSPS) is 16.8. The summed E-state index contributed by atoms with van der Waals surface area (Å²) in [6.45, 7) is 1.22. The third-order valence-corrected chi connectivity index (χ3v) is 4.62. The molecule has 3 aromatic rings. The molecule has 0 saturated carbocycles. The summed E-state index contributed by atoms with van der Waals surface area (Å²) >= 11 is 0. The van der Waals surface area contributed by atoms with Gasteiger partial charge in [-0.25, -0.2) is 0 Å². The highest BCUT2D eigenvalue weighted by Crippen LogP contribution is 2.21. The van der Waals surface area contributed by atoms with Crippen molar-refractivity contribution >= 4 is 11.4 Å². The highest BCUT2D eigenvalue weighted by molar-refractivity contribution is 5.95. The zero-order valence-electron chi connectivity index (χ0n) is 13.7. The molecule has 0 fully saturated rings. The molecular formula is C20H20N2O2. The van der Waals surface area contributed by atoms with E-state index in [1.807, 2.05) is 54.2 Å². The van der Waals surface area contributed by atoms with Gasteiger partial charge in [0.1, 0.15) is 0 Å². The minimum atomic E-state index is 0.0289. The molecular weight excluding hydrogens is 300 g/mol. The fraction of sp³-hybridized carbons (Fsp3) is 0.250. The van der Waals surface area contributed by atoms with Crippen LogP contribution in [0.3, 0.4) is 0 Å². The van der Waals surface area contributed by atoms with Gasteiger partial charge in [0.15, 0.2) is 0 Å². The smallest absolute Gasteiger partial charge is 0.255 e. The number of amides is 1. The second-order valence-electron chi connectivity index (χ2n) is 6.35. The lowest BCUT2D eigenvalue weighted by atomic mass is 9.99. The first-order valence-electron chi connectivity index (χ1n) is 8.21. The Morgan fingerprint density at radius 2 is 2.00 bits per heavy atom. The van der Waals surface area contributed by atoms with Crippen molar-refractivity contribution in [1.29, 1.82) is 0 Å². The van der Waals surface area contributed by atoms with Gasteiger partial charge in [-0.2, -0.15) is 0 Å². The summed E-state index contributed by atoms with van der Waals surface area (Å²) in [5.74, 6) is 0.0289. The van der Waals surface area contributed by atoms with Gasteiger partial charge in [0, 0.05) is 37.9 Å². The van der Waals surface area contributed by atoms with Crippen LogP contribution in [0.5, 0.6) is 0 Å². The van der Waals surface area contributed by atoms with Crippen LogP contribution >= 0.6 is 0 Å². The molecule has 2 aromatic heterocycles. The molecule has 122 valence electrons. The van der Waals surface area contributed by atoms with E-state index in [1.54, 1.807) is 4.90 Å². The number of benzene rings is 1. The average Bonchev–Trinajstić information content (AvgIpc) is 3.05. The summed E-state index contributed by atoms with van der Waals surface area (Å²) in [6.07, 6.45) is 4.73. The number of hydrogen-bond acceptors (Lipinski definition) is 2. The first-order valence-corrected chi connectivity index (χ1v) is 8.21. The molecule has 4 heteroatoms. The van der Waals surface area contributed by atoms with Gasteiger partial charge in [-0.3, -0.25) is 4.79 Å². The van der Waals surface area contributed by atoms with Crippen LogP contribution < -0.4 is 0 Å². The van der Waals surface area contributed by atoms with Gasteiger partial charge in [-0.05, 0) is 29.3 Å². The number of likely N-dealkylation sites (N-methyl/N-ethyl adjacent to an activating group) is 1. The maximum absolute atomic E-state index is 12.7. The molecule has 1 atom stereocenters. The Morgan fingerprint density at radius 3 is 2.83 bits per heavy atom. The molecule has 1 aliphatic rings. The highest BCUT2D eigenvalue weighted by Gasteiger charge is 2.23. The lowest BCUT2D eigenvalue weighted by molar-refractivity contribution is 0.00985. The number of ether oxygens (including phenoxy) is 1. The van der Waals surface area contributed by atoms with E-state index in [1.165, 1.54) is 11.1 Å². The number of nitrogens with zero attached hydrogens (tertiary/aromatic N) is 2. The lowest BCUT2D eigenvalue weighted by Gasteiger charge is -2.29. The van der Waals surface area contributed by atoms with Crippen molar-refractivity contribution < 1.29 is 9.53 Å². The summed E-state index contributed by atoms with van der Waals surface area (Å²) in [7, 11) is 1.84. The Bertz CT molecular complexity index is 851. The summed E-state index contributed by atoms with van der Waals surface area (Å²) in [5, 5.41) is 0. The van der Waals surface area contributed by atoms with Crippen LogP contribution in [0.15, 0.2) is 60.9 Å². The molecule has 4 rings (SSSR count). The number of carbonyl (C=O) groups is 1. The van der Waals surface area contributed by atoms with Gasteiger partial charge in [-0.15, -0.1) is 0 Å². The average molecular weight is 320 g/mol. The van der Waals surface area contributed by atoms with Gasteiger partial charge >= 0.3 is 0 Å². The van der Waals surface area contributed by atoms with Gasteiger partial charge in [0.05, 0.1) is 18.3 Å². The molecule has 24 heavy (non-hydrogen) atoms. The molecule has 1 amide bonds. The zero-order valence-corrected chi connectivity index (χ0v) is 13.7. The number of hydrogen-bond donors (Lipinski definition) is 0. The number of rotatable bonds is 3. The van der Waals surface area contributed by atoms with Crippen LogP contribution in [-0.2, 0) is 17.8 Å². The van der Waals surface area contributed by atoms with Gasteiger partial charge in [-0.1, -0.05) is 30.3 Å². The van der Waals surface area contributed by atoms with Crippen LogP contribution in [0.1, 0.15) is 21.5 Å².